The Kier molecular flexibility index (Phi) is 6.35. The first-order chi connectivity index (χ1) is 14.2. The van der Waals surface area contributed by atoms with E-state index in [0.717, 1.165) is 6.42 Å². The minimum atomic E-state index is -1.35. The van der Waals surface area contributed by atoms with Crippen molar-refractivity contribution in [2.45, 2.75) is 110 Å². The molecule has 3 aliphatic rings. The highest BCUT2D eigenvalue weighted by Crippen LogP contribution is 2.55. The van der Waals surface area contributed by atoms with Gasteiger partial charge in [0.25, 0.3) is 0 Å². The van der Waals surface area contributed by atoms with Gasteiger partial charge in [-0.15, -0.1) is 0 Å². The van der Waals surface area contributed by atoms with E-state index in [9.17, 15) is 19.5 Å². The van der Waals surface area contributed by atoms with E-state index in [-0.39, 0.29) is 30.0 Å². The molecule has 176 valence electrons. The molecule has 8 atom stereocenters. The molecule has 0 aromatic heterocycles. The van der Waals surface area contributed by atoms with Gasteiger partial charge < -0.3 is 19.3 Å². The van der Waals surface area contributed by atoms with Crippen molar-refractivity contribution in [3.63, 3.8) is 0 Å². The number of carbonyl (C=O) groups excluding carboxylic acids is 3. The number of ether oxygens (including phenoxy) is 3. The lowest BCUT2D eigenvalue weighted by Crippen LogP contribution is -2.67. The Bertz CT molecular complexity index is 744. The Morgan fingerprint density at radius 1 is 1.03 bits per heavy atom. The maximum Gasteiger partial charge on any atom is 0.303 e. The van der Waals surface area contributed by atoms with Gasteiger partial charge in [-0.1, -0.05) is 13.8 Å². The lowest BCUT2D eigenvalue weighted by Gasteiger charge is -2.58. The zero-order valence-electron chi connectivity index (χ0n) is 19.9. The summed E-state index contributed by atoms with van der Waals surface area (Å²) in [6, 6.07) is 0. The van der Waals surface area contributed by atoms with Crippen molar-refractivity contribution in [2.24, 2.45) is 23.7 Å². The molecule has 0 aromatic carbocycles. The average molecular weight is 439 g/mol. The quantitative estimate of drug-likeness (QED) is 0.676. The molecular formula is C24H38O7. The first kappa shape index (κ1) is 24.2. The van der Waals surface area contributed by atoms with E-state index >= 15 is 0 Å². The summed E-state index contributed by atoms with van der Waals surface area (Å²) in [6.07, 6.45) is 1.19. The third kappa shape index (κ3) is 4.40. The van der Waals surface area contributed by atoms with Crippen molar-refractivity contribution >= 4 is 17.7 Å². The number of rotatable bonds is 3. The van der Waals surface area contributed by atoms with Gasteiger partial charge >= 0.3 is 11.9 Å². The largest absolute Gasteiger partial charge is 0.459 e. The van der Waals surface area contributed by atoms with E-state index in [2.05, 4.69) is 13.8 Å². The van der Waals surface area contributed by atoms with E-state index in [4.69, 9.17) is 14.2 Å². The molecule has 3 rings (SSSR count). The van der Waals surface area contributed by atoms with E-state index in [1.54, 1.807) is 6.92 Å². The molecular weight excluding hydrogens is 400 g/mol. The second-order valence-electron chi connectivity index (χ2n) is 10.9. The second-order valence-corrected chi connectivity index (χ2v) is 10.9. The van der Waals surface area contributed by atoms with Crippen LogP contribution in [-0.2, 0) is 28.6 Å². The summed E-state index contributed by atoms with van der Waals surface area (Å²) in [5, 5.41) is 11.2. The number of fused-ring (bicyclic) bond motifs is 4. The number of aliphatic hydroxyl groups is 1. The van der Waals surface area contributed by atoms with Crippen LogP contribution in [0.5, 0.6) is 0 Å². The molecule has 2 heterocycles. The summed E-state index contributed by atoms with van der Waals surface area (Å²) < 4.78 is 18.2. The summed E-state index contributed by atoms with van der Waals surface area (Å²) in [5.74, 6) is -1.52. The fraction of sp³-hybridized carbons (Fsp3) is 0.875. The van der Waals surface area contributed by atoms with Gasteiger partial charge in [0.2, 0.25) is 0 Å². The summed E-state index contributed by atoms with van der Waals surface area (Å²) in [7, 11) is 0. The molecule has 2 bridgehead atoms. The molecule has 0 radical (unpaired) electrons. The molecule has 0 amide bonds. The van der Waals surface area contributed by atoms with Gasteiger partial charge in [-0.25, -0.2) is 0 Å². The van der Waals surface area contributed by atoms with Gasteiger partial charge in [0, 0.05) is 26.2 Å². The van der Waals surface area contributed by atoms with Crippen LogP contribution in [0.25, 0.3) is 0 Å². The Morgan fingerprint density at radius 2 is 1.58 bits per heavy atom. The van der Waals surface area contributed by atoms with Crippen LogP contribution in [0.4, 0.5) is 0 Å². The van der Waals surface area contributed by atoms with Gasteiger partial charge in [0.15, 0.2) is 0 Å². The fourth-order valence-corrected chi connectivity index (χ4v) is 6.55. The summed E-state index contributed by atoms with van der Waals surface area (Å²) >= 11 is 0. The first-order valence-electron chi connectivity index (χ1n) is 11.5. The van der Waals surface area contributed by atoms with Crippen LogP contribution in [0.15, 0.2) is 0 Å². The monoisotopic (exact) mass is 438 g/mol. The maximum absolute atomic E-state index is 13.7. The molecule has 31 heavy (non-hydrogen) atoms. The second kappa shape index (κ2) is 8.14. The Balaban J connectivity index is 2.18. The highest BCUT2D eigenvalue weighted by molar-refractivity contribution is 5.84. The summed E-state index contributed by atoms with van der Waals surface area (Å²) in [6.45, 7) is 12.3. The Hall–Kier alpha value is -1.47. The third-order valence-electron chi connectivity index (χ3n) is 7.86. The molecule has 1 saturated carbocycles. The summed E-state index contributed by atoms with van der Waals surface area (Å²) in [4.78, 5) is 37.7. The van der Waals surface area contributed by atoms with Crippen LogP contribution >= 0.6 is 0 Å². The first-order valence-corrected chi connectivity index (χ1v) is 11.5. The van der Waals surface area contributed by atoms with Crippen molar-refractivity contribution in [1.82, 2.24) is 0 Å². The minimum Gasteiger partial charge on any atom is -0.459 e. The standard InChI is InChI=1S/C24H38O7/c1-13(2)16-8-10-23(6,30-14(3)25)20-17(27)12-22(5,28)18-9-11-24(7,31-15(4)26)21(29-18)19(16)20/h13,16,18-21,28H,8-12H2,1-7H3/t16-,18-,19-,20-,21-,22+,23-,24-/m1/s1. The number of carbonyl (C=O) groups is 3. The lowest BCUT2D eigenvalue weighted by atomic mass is 9.55. The van der Waals surface area contributed by atoms with Gasteiger partial charge in [-0.05, 0) is 58.3 Å². The summed E-state index contributed by atoms with van der Waals surface area (Å²) in [5.41, 5.74) is -3.28. The minimum absolute atomic E-state index is 0.0580. The molecule has 0 aromatic rings. The lowest BCUT2D eigenvalue weighted by molar-refractivity contribution is -0.269. The zero-order chi connectivity index (χ0) is 23.4. The van der Waals surface area contributed by atoms with Crippen LogP contribution in [0.2, 0.25) is 0 Å². The number of ketones is 1. The average Bonchev–Trinajstić information content (AvgIpc) is 2.57. The molecule has 2 saturated heterocycles. The topological polar surface area (TPSA) is 99.1 Å². The SMILES string of the molecule is CC(=O)O[C@]1(C)CC[C@H]2O[C@@H]1[C@@H]1[C@@H](C(C)C)CC[C@@](C)(OC(C)=O)[C@@H]1C(=O)C[C@]2(C)O. The van der Waals surface area contributed by atoms with Crippen LogP contribution in [-0.4, -0.2) is 51.8 Å². The van der Waals surface area contributed by atoms with Gasteiger partial charge in [-0.2, -0.15) is 0 Å². The molecule has 0 unspecified atom stereocenters. The normalized spacial score (nSPS) is 45.3. The van der Waals surface area contributed by atoms with Crippen molar-refractivity contribution in [2.75, 3.05) is 0 Å². The van der Waals surface area contributed by atoms with E-state index in [1.807, 2.05) is 13.8 Å². The molecule has 1 N–H and O–H groups in total. The van der Waals surface area contributed by atoms with Crippen LogP contribution in [0.3, 0.4) is 0 Å². The van der Waals surface area contributed by atoms with Crippen molar-refractivity contribution in [1.29, 1.82) is 0 Å². The van der Waals surface area contributed by atoms with Crippen LogP contribution in [0, 0.1) is 23.7 Å². The molecule has 3 fully saturated rings. The number of Topliss-reactive ketones (excluding diaryl/α,β-unsaturated/α-hetero) is 1. The fourth-order valence-electron chi connectivity index (χ4n) is 6.55. The predicted octanol–water partition coefficient (Wildman–Crippen LogP) is 3.20. The predicted molar refractivity (Wildman–Crippen MR) is 113 cm³/mol. The number of hydrogen-bond donors (Lipinski definition) is 1. The van der Waals surface area contributed by atoms with Crippen LogP contribution < -0.4 is 0 Å². The van der Waals surface area contributed by atoms with E-state index in [0.29, 0.717) is 19.3 Å². The maximum atomic E-state index is 13.7. The smallest absolute Gasteiger partial charge is 0.303 e. The Morgan fingerprint density at radius 3 is 2.13 bits per heavy atom. The van der Waals surface area contributed by atoms with E-state index < -0.39 is 46.9 Å². The molecule has 1 aliphatic carbocycles. The third-order valence-corrected chi connectivity index (χ3v) is 7.86. The van der Waals surface area contributed by atoms with Crippen molar-refractivity contribution < 1.29 is 33.7 Å². The van der Waals surface area contributed by atoms with Crippen molar-refractivity contribution in [3.05, 3.63) is 0 Å². The molecule has 7 heteroatoms. The zero-order valence-corrected chi connectivity index (χ0v) is 19.9. The van der Waals surface area contributed by atoms with Crippen LogP contribution in [0.1, 0.15) is 80.6 Å². The van der Waals surface area contributed by atoms with Gasteiger partial charge in [-0.3, -0.25) is 14.4 Å². The number of hydrogen-bond acceptors (Lipinski definition) is 7. The highest BCUT2D eigenvalue weighted by atomic mass is 16.6. The highest BCUT2D eigenvalue weighted by Gasteiger charge is 2.63. The molecule has 2 aliphatic heterocycles. The number of esters is 2. The Labute approximate surface area is 185 Å². The molecule has 0 spiro atoms. The van der Waals surface area contributed by atoms with Crippen molar-refractivity contribution in [3.8, 4) is 0 Å². The van der Waals surface area contributed by atoms with E-state index in [1.165, 1.54) is 13.8 Å². The molecule has 7 nitrogen and oxygen atoms in total. The van der Waals surface area contributed by atoms with Gasteiger partial charge in [0.1, 0.15) is 23.1 Å². The van der Waals surface area contributed by atoms with Gasteiger partial charge in [0.05, 0.1) is 17.6 Å².